The van der Waals surface area contributed by atoms with Gasteiger partial charge in [-0.2, -0.15) is 0 Å². The minimum Gasteiger partial charge on any atom is -0.405 e. The highest BCUT2D eigenvalue weighted by Gasteiger charge is 2.34. The second kappa shape index (κ2) is 7.13. The van der Waals surface area contributed by atoms with Gasteiger partial charge in [-0.15, -0.1) is 13.2 Å². The molecule has 1 saturated carbocycles. The Morgan fingerprint density at radius 3 is 2.29 bits per heavy atom. The maximum absolute atomic E-state index is 12.5. The number of hydrogen-bond donors (Lipinski definition) is 2. The van der Waals surface area contributed by atoms with Crippen LogP contribution in [-0.4, -0.2) is 6.36 Å². The molecule has 118 valence electrons. The fourth-order valence-electron chi connectivity index (χ4n) is 3.08. The summed E-state index contributed by atoms with van der Waals surface area (Å²) < 4.78 is 41.7. The summed E-state index contributed by atoms with van der Waals surface area (Å²) in [7, 11) is 0. The molecule has 1 aromatic rings. The molecule has 1 fully saturated rings. The van der Waals surface area contributed by atoms with E-state index in [2.05, 4.69) is 10.2 Å². The van der Waals surface area contributed by atoms with Crippen molar-refractivity contribution in [2.45, 2.75) is 50.9 Å². The quantitative estimate of drug-likeness (QED) is 0.501. The molecule has 1 atom stereocenters. The van der Waals surface area contributed by atoms with E-state index in [9.17, 15) is 13.2 Å². The van der Waals surface area contributed by atoms with Gasteiger partial charge in [0.05, 0.1) is 6.04 Å². The summed E-state index contributed by atoms with van der Waals surface area (Å²) in [5.74, 6) is 5.70. The lowest BCUT2D eigenvalue weighted by Crippen LogP contribution is -2.34. The van der Waals surface area contributed by atoms with Gasteiger partial charge in [-0.3, -0.25) is 11.3 Å². The molecule has 0 aromatic heterocycles. The van der Waals surface area contributed by atoms with Crippen LogP contribution in [0, 0.1) is 5.92 Å². The summed E-state index contributed by atoms with van der Waals surface area (Å²) in [6.45, 7) is 0. The molecule has 1 aliphatic carbocycles. The third kappa shape index (κ3) is 4.61. The second-order valence-electron chi connectivity index (χ2n) is 5.48. The van der Waals surface area contributed by atoms with Gasteiger partial charge in [-0.25, -0.2) is 0 Å². The van der Waals surface area contributed by atoms with Gasteiger partial charge in [0, 0.05) is 5.56 Å². The highest BCUT2D eigenvalue weighted by atomic mass is 19.4. The zero-order chi connectivity index (χ0) is 15.3. The number of hydrazine groups is 1. The van der Waals surface area contributed by atoms with E-state index in [0.717, 1.165) is 25.7 Å². The number of nitrogens with one attached hydrogen (secondary N) is 1. The van der Waals surface area contributed by atoms with Crippen molar-refractivity contribution < 1.29 is 17.9 Å². The first-order chi connectivity index (χ1) is 10.0. The molecule has 1 aromatic carbocycles. The molecule has 3 N–H and O–H groups in total. The van der Waals surface area contributed by atoms with Crippen molar-refractivity contribution in [3.8, 4) is 5.75 Å². The molecule has 0 radical (unpaired) electrons. The highest BCUT2D eigenvalue weighted by molar-refractivity contribution is 5.36. The minimum absolute atomic E-state index is 0.169. The Balaban J connectivity index is 2.24. The van der Waals surface area contributed by atoms with E-state index in [1.165, 1.54) is 25.0 Å². The predicted octanol–water partition coefficient (Wildman–Crippen LogP) is 4.06. The van der Waals surface area contributed by atoms with Crippen LogP contribution in [0.3, 0.4) is 0 Å². The van der Waals surface area contributed by atoms with Crippen molar-refractivity contribution in [3.63, 3.8) is 0 Å². The van der Waals surface area contributed by atoms with E-state index in [4.69, 9.17) is 5.84 Å². The highest BCUT2D eigenvalue weighted by Crippen LogP contribution is 2.38. The van der Waals surface area contributed by atoms with E-state index >= 15 is 0 Å². The number of halogens is 3. The molecule has 0 saturated heterocycles. The van der Waals surface area contributed by atoms with Crippen LogP contribution in [0.25, 0.3) is 0 Å². The first kappa shape index (κ1) is 16.1. The van der Waals surface area contributed by atoms with Gasteiger partial charge in [0.2, 0.25) is 0 Å². The average molecular weight is 302 g/mol. The smallest absolute Gasteiger partial charge is 0.405 e. The first-order valence-electron chi connectivity index (χ1n) is 7.32. The fourth-order valence-corrected chi connectivity index (χ4v) is 3.08. The lowest BCUT2D eigenvalue weighted by atomic mass is 9.87. The molecule has 0 amide bonds. The number of benzene rings is 1. The van der Waals surface area contributed by atoms with Crippen LogP contribution < -0.4 is 16.0 Å². The van der Waals surface area contributed by atoms with Crippen LogP contribution in [0.15, 0.2) is 24.3 Å². The Hall–Kier alpha value is -1.27. The molecule has 0 spiro atoms. The number of ether oxygens (including phenoxy) is 1. The van der Waals surface area contributed by atoms with Gasteiger partial charge < -0.3 is 4.74 Å². The monoisotopic (exact) mass is 302 g/mol. The van der Waals surface area contributed by atoms with E-state index < -0.39 is 6.36 Å². The van der Waals surface area contributed by atoms with Gasteiger partial charge >= 0.3 is 6.36 Å². The molecule has 2 rings (SSSR count). The van der Waals surface area contributed by atoms with E-state index in [-0.39, 0.29) is 17.7 Å². The van der Waals surface area contributed by atoms with Crippen LogP contribution in [0.2, 0.25) is 0 Å². The van der Waals surface area contributed by atoms with E-state index in [1.807, 2.05) is 0 Å². The van der Waals surface area contributed by atoms with Crippen molar-refractivity contribution in [3.05, 3.63) is 29.8 Å². The van der Waals surface area contributed by atoms with Crippen LogP contribution in [0.5, 0.6) is 5.75 Å². The van der Waals surface area contributed by atoms with E-state index in [0.29, 0.717) is 5.56 Å². The zero-order valence-corrected chi connectivity index (χ0v) is 11.8. The number of hydrogen-bond acceptors (Lipinski definition) is 3. The SMILES string of the molecule is NNC(c1ccccc1OC(F)(F)F)C1CCCCCC1. The Morgan fingerprint density at radius 2 is 1.71 bits per heavy atom. The molecule has 6 heteroatoms. The topological polar surface area (TPSA) is 47.3 Å². The summed E-state index contributed by atoms with van der Waals surface area (Å²) >= 11 is 0. The number of nitrogens with two attached hydrogens (primary N) is 1. The third-order valence-electron chi connectivity index (χ3n) is 4.03. The first-order valence-corrected chi connectivity index (χ1v) is 7.32. The second-order valence-corrected chi connectivity index (χ2v) is 5.48. The molecule has 1 aliphatic rings. The summed E-state index contributed by atoms with van der Waals surface area (Å²) in [6, 6.07) is 5.91. The fraction of sp³-hybridized carbons (Fsp3) is 0.600. The van der Waals surface area contributed by atoms with Crippen molar-refractivity contribution in [2.24, 2.45) is 11.8 Å². The summed E-state index contributed by atoms with van der Waals surface area (Å²) in [6.07, 6.45) is 1.77. The average Bonchev–Trinajstić information content (AvgIpc) is 2.69. The lowest BCUT2D eigenvalue weighted by molar-refractivity contribution is -0.275. The number of para-hydroxylation sites is 1. The van der Waals surface area contributed by atoms with Crippen LogP contribution in [0.1, 0.15) is 50.1 Å². The maximum Gasteiger partial charge on any atom is 0.573 e. The third-order valence-corrected chi connectivity index (χ3v) is 4.03. The van der Waals surface area contributed by atoms with Gasteiger partial charge in [0.1, 0.15) is 5.75 Å². The summed E-state index contributed by atoms with van der Waals surface area (Å²) in [4.78, 5) is 0. The van der Waals surface area contributed by atoms with E-state index in [1.54, 1.807) is 12.1 Å². The van der Waals surface area contributed by atoms with Gasteiger partial charge in [0.15, 0.2) is 0 Å². The molecular formula is C15H21F3N2O. The molecule has 3 nitrogen and oxygen atoms in total. The molecule has 0 aliphatic heterocycles. The summed E-state index contributed by atoms with van der Waals surface area (Å²) in [5, 5.41) is 0. The molecular weight excluding hydrogens is 281 g/mol. The van der Waals surface area contributed by atoms with Crippen LogP contribution >= 0.6 is 0 Å². The Bertz CT molecular complexity index is 443. The van der Waals surface area contributed by atoms with Crippen molar-refractivity contribution in [1.29, 1.82) is 0 Å². The molecule has 0 heterocycles. The van der Waals surface area contributed by atoms with Gasteiger partial charge in [0.25, 0.3) is 0 Å². The Morgan fingerprint density at radius 1 is 1.10 bits per heavy atom. The predicted molar refractivity (Wildman–Crippen MR) is 74.4 cm³/mol. The lowest BCUT2D eigenvalue weighted by Gasteiger charge is -2.27. The van der Waals surface area contributed by atoms with Crippen molar-refractivity contribution in [1.82, 2.24) is 5.43 Å². The molecule has 1 unspecified atom stereocenters. The van der Waals surface area contributed by atoms with Gasteiger partial charge in [-0.05, 0) is 24.8 Å². The molecule has 0 bridgehead atoms. The van der Waals surface area contributed by atoms with Crippen LogP contribution in [0.4, 0.5) is 13.2 Å². The zero-order valence-electron chi connectivity index (χ0n) is 11.8. The number of rotatable bonds is 4. The Labute approximate surface area is 122 Å². The van der Waals surface area contributed by atoms with Gasteiger partial charge in [-0.1, -0.05) is 43.9 Å². The Kier molecular flexibility index (Phi) is 5.47. The standard InChI is InChI=1S/C15H21F3N2O/c16-15(17,18)21-13-10-6-5-9-12(13)14(20-19)11-7-3-1-2-4-8-11/h5-6,9-11,14,20H,1-4,7-8,19H2. The van der Waals surface area contributed by atoms with Crippen LogP contribution in [-0.2, 0) is 0 Å². The maximum atomic E-state index is 12.5. The van der Waals surface area contributed by atoms with Crippen molar-refractivity contribution >= 4 is 0 Å². The normalized spacial score (nSPS) is 19.0. The largest absolute Gasteiger partial charge is 0.573 e. The van der Waals surface area contributed by atoms with Crippen molar-refractivity contribution in [2.75, 3.05) is 0 Å². The minimum atomic E-state index is -4.70. The molecule has 21 heavy (non-hydrogen) atoms. The number of alkyl halides is 3. The summed E-state index contributed by atoms with van der Waals surface area (Å²) in [5.41, 5.74) is 3.17.